The molecule has 18 heavy (non-hydrogen) atoms. The highest BCUT2D eigenvalue weighted by Crippen LogP contribution is 2.23. The molecule has 0 saturated heterocycles. The highest BCUT2D eigenvalue weighted by Gasteiger charge is 2.10. The molecule has 2 rings (SSSR count). The molecule has 0 spiro atoms. The second-order valence-electron chi connectivity index (χ2n) is 3.98. The SMILES string of the molecule is CCCc1nc(Cl)c(C)c(OCc2ccco2)n1. The fourth-order valence-corrected chi connectivity index (χ4v) is 1.70. The predicted molar refractivity (Wildman–Crippen MR) is 68.8 cm³/mol. The molecule has 96 valence electrons. The van der Waals surface area contributed by atoms with Gasteiger partial charge in [0, 0.05) is 12.0 Å². The predicted octanol–water partition coefficient (Wildman–Crippen LogP) is 3.56. The summed E-state index contributed by atoms with van der Waals surface area (Å²) >= 11 is 6.06. The summed E-state index contributed by atoms with van der Waals surface area (Å²) < 4.78 is 10.8. The Bertz CT molecular complexity index is 512. The molecule has 0 amide bonds. The van der Waals surface area contributed by atoms with Crippen molar-refractivity contribution in [2.45, 2.75) is 33.3 Å². The molecule has 0 saturated carbocycles. The number of aromatic nitrogens is 2. The molecule has 0 N–H and O–H groups in total. The van der Waals surface area contributed by atoms with E-state index in [1.54, 1.807) is 6.26 Å². The Morgan fingerprint density at radius 1 is 1.39 bits per heavy atom. The van der Waals surface area contributed by atoms with Gasteiger partial charge >= 0.3 is 0 Å². The average Bonchev–Trinajstić information content (AvgIpc) is 2.85. The Balaban J connectivity index is 2.15. The van der Waals surface area contributed by atoms with E-state index in [2.05, 4.69) is 16.9 Å². The van der Waals surface area contributed by atoms with Crippen LogP contribution in [0.1, 0.15) is 30.5 Å². The largest absolute Gasteiger partial charge is 0.469 e. The fourth-order valence-electron chi connectivity index (χ4n) is 1.52. The lowest BCUT2D eigenvalue weighted by atomic mass is 10.3. The number of hydrogen-bond acceptors (Lipinski definition) is 4. The molecular formula is C13H15ClN2O2. The highest BCUT2D eigenvalue weighted by atomic mass is 35.5. The maximum atomic E-state index is 6.06. The minimum Gasteiger partial charge on any atom is -0.469 e. The summed E-state index contributed by atoms with van der Waals surface area (Å²) in [5.74, 6) is 1.98. The van der Waals surface area contributed by atoms with Crippen LogP contribution < -0.4 is 4.74 Å². The van der Waals surface area contributed by atoms with Crippen LogP contribution in [0.15, 0.2) is 22.8 Å². The molecule has 5 heteroatoms. The molecule has 4 nitrogen and oxygen atoms in total. The van der Waals surface area contributed by atoms with E-state index in [0.717, 1.165) is 24.2 Å². The number of hydrogen-bond donors (Lipinski definition) is 0. The van der Waals surface area contributed by atoms with Gasteiger partial charge in [0.05, 0.1) is 6.26 Å². The van der Waals surface area contributed by atoms with E-state index in [0.29, 0.717) is 23.5 Å². The van der Waals surface area contributed by atoms with E-state index in [4.69, 9.17) is 20.8 Å². The third-order valence-corrected chi connectivity index (χ3v) is 2.86. The molecule has 0 aliphatic heterocycles. The van der Waals surface area contributed by atoms with E-state index in [1.807, 2.05) is 19.1 Å². The first-order valence-corrected chi connectivity index (χ1v) is 6.26. The van der Waals surface area contributed by atoms with Crippen molar-refractivity contribution in [2.75, 3.05) is 0 Å². The molecule has 0 aliphatic carbocycles. The highest BCUT2D eigenvalue weighted by molar-refractivity contribution is 6.30. The second-order valence-corrected chi connectivity index (χ2v) is 4.34. The number of furan rings is 1. The maximum Gasteiger partial charge on any atom is 0.221 e. The summed E-state index contributed by atoms with van der Waals surface area (Å²) in [4.78, 5) is 8.58. The minimum atomic E-state index is 0.340. The van der Waals surface area contributed by atoms with E-state index in [-0.39, 0.29) is 0 Å². The third kappa shape index (κ3) is 3.01. The van der Waals surface area contributed by atoms with Crippen molar-refractivity contribution in [3.8, 4) is 5.88 Å². The molecule has 0 unspecified atom stereocenters. The first kappa shape index (κ1) is 12.9. The second kappa shape index (κ2) is 5.87. The normalized spacial score (nSPS) is 10.6. The first-order chi connectivity index (χ1) is 8.70. The maximum absolute atomic E-state index is 6.06. The van der Waals surface area contributed by atoms with Gasteiger partial charge in [0.25, 0.3) is 0 Å². The van der Waals surface area contributed by atoms with Crippen molar-refractivity contribution >= 4 is 11.6 Å². The summed E-state index contributed by atoms with van der Waals surface area (Å²) in [7, 11) is 0. The van der Waals surface area contributed by atoms with E-state index < -0.39 is 0 Å². The van der Waals surface area contributed by atoms with Crippen molar-refractivity contribution in [3.05, 3.63) is 40.7 Å². The topological polar surface area (TPSA) is 48.2 Å². The van der Waals surface area contributed by atoms with Gasteiger partial charge in [0.15, 0.2) is 0 Å². The van der Waals surface area contributed by atoms with Crippen LogP contribution in [0.3, 0.4) is 0 Å². The van der Waals surface area contributed by atoms with Gasteiger partial charge in [-0.2, -0.15) is 4.98 Å². The summed E-state index contributed by atoms with van der Waals surface area (Å²) in [6.45, 7) is 4.25. The minimum absolute atomic E-state index is 0.340. The Kier molecular flexibility index (Phi) is 4.20. The zero-order valence-electron chi connectivity index (χ0n) is 10.4. The van der Waals surface area contributed by atoms with Crippen LogP contribution in [0.4, 0.5) is 0 Å². The van der Waals surface area contributed by atoms with Crippen molar-refractivity contribution in [1.29, 1.82) is 0 Å². The van der Waals surface area contributed by atoms with Gasteiger partial charge in [-0.15, -0.1) is 0 Å². The number of halogens is 1. The van der Waals surface area contributed by atoms with Gasteiger partial charge in [0.2, 0.25) is 5.88 Å². The van der Waals surface area contributed by atoms with Crippen LogP contribution in [0.2, 0.25) is 5.15 Å². The molecule has 0 aromatic carbocycles. The van der Waals surface area contributed by atoms with Gasteiger partial charge in [-0.05, 0) is 25.5 Å². The number of ether oxygens (including phenoxy) is 1. The molecule has 0 bridgehead atoms. The van der Waals surface area contributed by atoms with Crippen LogP contribution in [0.25, 0.3) is 0 Å². The summed E-state index contributed by atoms with van der Waals surface area (Å²) in [6, 6.07) is 3.67. The molecule has 2 heterocycles. The van der Waals surface area contributed by atoms with Crippen LogP contribution in [0.5, 0.6) is 5.88 Å². The Labute approximate surface area is 111 Å². The van der Waals surface area contributed by atoms with Crippen LogP contribution in [-0.4, -0.2) is 9.97 Å². The molecule has 0 radical (unpaired) electrons. The zero-order valence-corrected chi connectivity index (χ0v) is 11.2. The Morgan fingerprint density at radius 3 is 2.89 bits per heavy atom. The van der Waals surface area contributed by atoms with E-state index >= 15 is 0 Å². The Morgan fingerprint density at radius 2 is 2.22 bits per heavy atom. The van der Waals surface area contributed by atoms with Crippen molar-refractivity contribution in [1.82, 2.24) is 9.97 Å². The molecule has 2 aromatic heterocycles. The van der Waals surface area contributed by atoms with Crippen LogP contribution in [0, 0.1) is 6.92 Å². The Hall–Kier alpha value is -1.55. The molecule has 0 aliphatic rings. The number of aryl methyl sites for hydroxylation is 1. The van der Waals surface area contributed by atoms with Crippen LogP contribution in [-0.2, 0) is 13.0 Å². The third-order valence-electron chi connectivity index (χ3n) is 2.49. The van der Waals surface area contributed by atoms with Crippen LogP contribution >= 0.6 is 11.6 Å². The van der Waals surface area contributed by atoms with Crippen molar-refractivity contribution < 1.29 is 9.15 Å². The quantitative estimate of drug-likeness (QED) is 0.777. The lowest BCUT2D eigenvalue weighted by Crippen LogP contribution is -2.04. The van der Waals surface area contributed by atoms with Crippen molar-refractivity contribution in [2.24, 2.45) is 0 Å². The first-order valence-electron chi connectivity index (χ1n) is 5.89. The average molecular weight is 267 g/mol. The van der Waals surface area contributed by atoms with E-state index in [9.17, 15) is 0 Å². The van der Waals surface area contributed by atoms with Gasteiger partial charge in [0.1, 0.15) is 23.3 Å². The number of rotatable bonds is 5. The van der Waals surface area contributed by atoms with Gasteiger partial charge < -0.3 is 9.15 Å². The standard InChI is InChI=1S/C13H15ClN2O2/c1-3-5-11-15-12(14)9(2)13(16-11)18-8-10-6-4-7-17-10/h4,6-7H,3,5,8H2,1-2H3. The molecule has 0 atom stereocenters. The van der Waals surface area contributed by atoms with Gasteiger partial charge in [-0.3, -0.25) is 0 Å². The summed E-state index contributed by atoms with van der Waals surface area (Å²) in [5, 5.41) is 0.447. The lowest BCUT2D eigenvalue weighted by Gasteiger charge is -2.09. The number of nitrogens with zero attached hydrogens (tertiary/aromatic N) is 2. The van der Waals surface area contributed by atoms with Crippen molar-refractivity contribution in [3.63, 3.8) is 0 Å². The molecule has 2 aromatic rings. The van der Waals surface area contributed by atoms with E-state index in [1.165, 1.54) is 0 Å². The van der Waals surface area contributed by atoms with Gasteiger partial charge in [-0.25, -0.2) is 4.98 Å². The molecular weight excluding hydrogens is 252 g/mol. The fraction of sp³-hybridized carbons (Fsp3) is 0.385. The summed E-state index contributed by atoms with van der Waals surface area (Å²) in [5.41, 5.74) is 0.753. The zero-order chi connectivity index (χ0) is 13.0. The van der Waals surface area contributed by atoms with Gasteiger partial charge in [-0.1, -0.05) is 18.5 Å². The smallest absolute Gasteiger partial charge is 0.221 e. The lowest BCUT2D eigenvalue weighted by molar-refractivity contribution is 0.257. The molecule has 0 fully saturated rings. The monoisotopic (exact) mass is 266 g/mol. The summed E-state index contributed by atoms with van der Waals surface area (Å²) in [6.07, 6.45) is 3.37.